The number of nitrogens with two attached hydrogens (primary N) is 1. The number of rotatable bonds is 6. The van der Waals surface area contributed by atoms with Gasteiger partial charge in [-0.05, 0) is 30.4 Å². The third-order valence-electron chi connectivity index (χ3n) is 4.43. The van der Waals surface area contributed by atoms with Crippen molar-refractivity contribution in [1.82, 2.24) is 0 Å². The van der Waals surface area contributed by atoms with E-state index >= 15 is 0 Å². The van der Waals surface area contributed by atoms with E-state index in [4.69, 9.17) is 5.73 Å². The molecule has 1 aliphatic carbocycles. The number of aliphatic hydroxyl groups excluding tert-OH is 1. The lowest BCUT2D eigenvalue weighted by Crippen LogP contribution is -2.27. The molecule has 2 atom stereocenters. The molecule has 0 aliphatic heterocycles. The number of halogens is 2. The first kappa shape index (κ1) is 15.4. The Hall–Kier alpha value is -1.00. The molecular formula is C16H23F2NO. The Morgan fingerprint density at radius 1 is 1.25 bits per heavy atom. The Morgan fingerprint density at radius 2 is 1.95 bits per heavy atom. The van der Waals surface area contributed by atoms with Gasteiger partial charge in [-0.25, -0.2) is 8.78 Å². The molecule has 1 fully saturated rings. The van der Waals surface area contributed by atoms with Crippen molar-refractivity contribution >= 4 is 0 Å². The number of hydrogen-bond acceptors (Lipinski definition) is 2. The molecule has 3 N–H and O–H groups in total. The van der Waals surface area contributed by atoms with Crippen LogP contribution in [0, 0.1) is 17.6 Å². The van der Waals surface area contributed by atoms with Crippen molar-refractivity contribution in [3.8, 4) is 0 Å². The topological polar surface area (TPSA) is 46.2 Å². The number of benzene rings is 1. The molecule has 2 nitrogen and oxygen atoms in total. The third-order valence-corrected chi connectivity index (χ3v) is 4.43. The molecule has 0 heterocycles. The molecule has 0 bridgehead atoms. The smallest absolute Gasteiger partial charge is 0.129 e. The van der Waals surface area contributed by atoms with Gasteiger partial charge < -0.3 is 10.8 Å². The van der Waals surface area contributed by atoms with Crippen molar-refractivity contribution in [2.24, 2.45) is 11.7 Å². The second-order valence-corrected chi connectivity index (χ2v) is 5.80. The van der Waals surface area contributed by atoms with Crippen LogP contribution < -0.4 is 5.73 Å². The largest absolute Gasteiger partial charge is 0.392 e. The van der Waals surface area contributed by atoms with Crippen LogP contribution in [0.2, 0.25) is 0 Å². The van der Waals surface area contributed by atoms with Gasteiger partial charge in [-0.2, -0.15) is 0 Å². The van der Waals surface area contributed by atoms with Gasteiger partial charge in [0.05, 0.1) is 6.10 Å². The summed E-state index contributed by atoms with van der Waals surface area (Å²) in [5.74, 6) is -1.01. The van der Waals surface area contributed by atoms with Crippen molar-refractivity contribution in [1.29, 1.82) is 0 Å². The summed E-state index contributed by atoms with van der Waals surface area (Å²) >= 11 is 0. The van der Waals surface area contributed by atoms with Crippen LogP contribution in [0.3, 0.4) is 0 Å². The van der Waals surface area contributed by atoms with Crippen LogP contribution in [-0.4, -0.2) is 17.8 Å². The van der Waals surface area contributed by atoms with Gasteiger partial charge in [-0.1, -0.05) is 31.7 Å². The lowest BCUT2D eigenvalue weighted by molar-refractivity contribution is 0.125. The van der Waals surface area contributed by atoms with Crippen LogP contribution in [0.15, 0.2) is 18.2 Å². The molecule has 1 saturated carbocycles. The Labute approximate surface area is 119 Å². The second kappa shape index (κ2) is 7.14. The summed E-state index contributed by atoms with van der Waals surface area (Å²) in [7, 11) is 0. The van der Waals surface area contributed by atoms with Crippen molar-refractivity contribution < 1.29 is 13.9 Å². The molecule has 1 aliphatic rings. The van der Waals surface area contributed by atoms with Crippen LogP contribution in [0.1, 0.15) is 50.0 Å². The zero-order valence-electron chi connectivity index (χ0n) is 11.7. The maximum atomic E-state index is 13.8. The minimum absolute atomic E-state index is 0.161. The summed E-state index contributed by atoms with van der Waals surface area (Å²) in [6.45, 7) is 0.161. The second-order valence-electron chi connectivity index (χ2n) is 5.80. The van der Waals surface area contributed by atoms with Crippen LogP contribution in [-0.2, 0) is 0 Å². The fraction of sp³-hybridized carbons (Fsp3) is 0.625. The van der Waals surface area contributed by atoms with Crippen LogP contribution in [0.5, 0.6) is 0 Å². The summed E-state index contributed by atoms with van der Waals surface area (Å²) < 4.78 is 26.7. The predicted molar refractivity (Wildman–Crippen MR) is 75.4 cm³/mol. The summed E-state index contributed by atoms with van der Waals surface area (Å²) in [5, 5.41) is 10.3. The first-order valence-electron chi connectivity index (χ1n) is 7.45. The standard InChI is InChI=1S/C16H23F2NO/c17-12-6-7-13(15(18)9-12)14(10-19)16(20)8-5-11-3-1-2-4-11/h6-7,9,11,14,16,20H,1-5,8,10,19H2. The molecule has 1 aromatic carbocycles. The average Bonchev–Trinajstić information content (AvgIpc) is 2.93. The Balaban J connectivity index is 1.98. The van der Waals surface area contributed by atoms with Gasteiger partial charge in [-0.15, -0.1) is 0 Å². The van der Waals surface area contributed by atoms with Crippen LogP contribution in [0.4, 0.5) is 8.78 Å². The maximum absolute atomic E-state index is 13.8. The highest BCUT2D eigenvalue weighted by Gasteiger charge is 2.24. The zero-order chi connectivity index (χ0) is 14.5. The third kappa shape index (κ3) is 3.76. The minimum atomic E-state index is -0.666. The molecule has 0 aromatic heterocycles. The van der Waals surface area contributed by atoms with Crippen LogP contribution in [0.25, 0.3) is 0 Å². The molecule has 2 rings (SSSR count). The van der Waals surface area contributed by atoms with E-state index in [1.54, 1.807) is 0 Å². The van der Waals surface area contributed by atoms with E-state index in [1.165, 1.54) is 37.8 Å². The SMILES string of the molecule is NCC(c1ccc(F)cc1F)C(O)CCC1CCCC1. The summed E-state index contributed by atoms with van der Waals surface area (Å²) in [6.07, 6.45) is 5.92. The van der Waals surface area contributed by atoms with E-state index in [1.807, 2.05) is 0 Å². The van der Waals surface area contributed by atoms with Gasteiger partial charge in [0.25, 0.3) is 0 Å². The molecule has 1 aromatic rings. The summed E-state index contributed by atoms with van der Waals surface area (Å²) in [5.41, 5.74) is 5.99. The average molecular weight is 283 g/mol. The molecule has 20 heavy (non-hydrogen) atoms. The predicted octanol–water partition coefficient (Wildman–Crippen LogP) is 3.34. The van der Waals surface area contributed by atoms with Crippen LogP contribution >= 0.6 is 0 Å². The van der Waals surface area contributed by atoms with Gasteiger partial charge in [0.2, 0.25) is 0 Å². The lowest BCUT2D eigenvalue weighted by Gasteiger charge is -2.23. The van der Waals surface area contributed by atoms with Gasteiger partial charge in [0.15, 0.2) is 0 Å². The molecule has 112 valence electrons. The molecule has 0 spiro atoms. The highest BCUT2D eigenvalue weighted by Crippen LogP contribution is 2.31. The van der Waals surface area contributed by atoms with E-state index in [0.717, 1.165) is 12.5 Å². The molecule has 0 saturated heterocycles. The first-order chi connectivity index (χ1) is 9.61. The zero-order valence-corrected chi connectivity index (χ0v) is 11.7. The van der Waals surface area contributed by atoms with Crippen molar-refractivity contribution in [3.05, 3.63) is 35.4 Å². The molecule has 0 radical (unpaired) electrons. The van der Waals surface area contributed by atoms with Crippen molar-refractivity contribution in [3.63, 3.8) is 0 Å². The van der Waals surface area contributed by atoms with E-state index in [0.29, 0.717) is 17.9 Å². The normalized spacial score (nSPS) is 19.2. The van der Waals surface area contributed by atoms with E-state index in [9.17, 15) is 13.9 Å². The number of hydrogen-bond donors (Lipinski definition) is 2. The van der Waals surface area contributed by atoms with Gasteiger partial charge in [0.1, 0.15) is 11.6 Å². The highest BCUT2D eigenvalue weighted by molar-refractivity contribution is 5.24. The fourth-order valence-corrected chi connectivity index (χ4v) is 3.20. The van der Waals surface area contributed by atoms with Crippen molar-refractivity contribution in [2.45, 2.75) is 50.5 Å². The number of aliphatic hydroxyl groups is 1. The molecular weight excluding hydrogens is 260 g/mol. The lowest BCUT2D eigenvalue weighted by atomic mass is 9.88. The maximum Gasteiger partial charge on any atom is 0.129 e. The Kier molecular flexibility index (Phi) is 5.49. The minimum Gasteiger partial charge on any atom is -0.392 e. The van der Waals surface area contributed by atoms with E-state index in [2.05, 4.69) is 0 Å². The summed E-state index contributed by atoms with van der Waals surface area (Å²) in [6, 6.07) is 3.45. The van der Waals surface area contributed by atoms with E-state index < -0.39 is 23.7 Å². The Bertz CT molecular complexity index is 432. The van der Waals surface area contributed by atoms with Crippen molar-refractivity contribution in [2.75, 3.05) is 6.54 Å². The first-order valence-corrected chi connectivity index (χ1v) is 7.45. The quantitative estimate of drug-likeness (QED) is 0.841. The van der Waals surface area contributed by atoms with Gasteiger partial charge in [-0.3, -0.25) is 0 Å². The molecule has 4 heteroatoms. The highest BCUT2D eigenvalue weighted by atomic mass is 19.1. The summed E-state index contributed by atoms with van der Waals surface area (Å²) in [4.78, 5) is 0. The van der Waals surface area contributed by atoms with Gasteiger partial charge >= 0.3 is 0 Å². The molecule has 2 unspecified atom stereocenters. The Morgan fingerprint density at radius 3 is 2.55 bits per heavy atom. The van der Waals surface area contributed by atoms with Gasteiger partial charge in [0, 0.05) is 18.5 Å². The monoisotopic (exact) mass is 283 g/mol. The van der Waals surface area contributed by atoms with E-state index in [-0.39, 0.29) is 6.54 Å². The fourth-order valence-electron chi connectivity index (χ4n) is 3.20. The molecule has 0 amide bonds.